The molecule has 0 unspecified atom stereocenters. The highest BCUT2D eigenvalue weighted by atomic mass is 16.5. The molecule has 3 aromatic rings. The number of hydrogen-bond donors (Lipinski definition) is 2. The van der Waals surface area contributed by atoms with Crippen molar-refractivity contribution in [2.75, 3.05) is 18.5 Å². The van der Waals surface area contributed by atoms with Gasteiger partial charge in [0.05, 0.1) is 18.4 Å². The topological polar surface area (TPSA) is 100 Å². The minimum absolute atomic E-state index is 0.214. The molecular formula is C19H19N5O3. The Labute approximate surface area is 155 Å². The molecule has 8 nitrogen and oxygen atoms in total. The average molecular weight is 365 g/mol. The number of aromatic amines is 1. The summed E-state index contributed by atoms with van der Waals surface area (Å²) in [7, 11) is 0. The lowest BCUT2D eigenvalue weighted by Gasteiger charge is -2.29. The van der Waals surface area contributed by atoms with Crippen LogP contribution in [0, 0.1) is 0 Å². The summed E-state index contributed by atoms with van der Waals surface area (Å²) in [5, 5.41) is 10.8. The smallest absolute Gasteiger partial charge is 0.338 e. The van der Waals surface area contributed by atoms with Gasteiger partial charge in [0.1, 0.15) is 0 Å². The Kier molecular flexibility index (Phi) is 4.45. The van der Waals surface area contributed by atoms with E-state index >= 15 is 0 Å². The number of amides is 2. The number of carbonyl (C=O) groups excluding carboxylic acids is 2. The molecule has 0 aliphatic carbocycles. The third-order valence-electron chi connectivity index (χ3n) is 4.59. The SMILES string of the molecule is CCOC(=O)c1cccc(NC(=O)N2CCc3c(cnc4[nH]ncc34)C2)c1. The van der Waals surface area contributed by atoms with Crippen molar-refractivity contribution in [2.24, 2.45) is 0 Å². The van der Waals surface area contributed by atoms with E-state index in [4.69, 9.17) is 4.74 Å². The molecule has 0 bridgehead atoms. The van der Waals surface area contributed by atoms with Crippen molar-refractivity contribution >= 4 is 28.7 Å². The predicted octanol–water partition coefficient (Wildman–Crippen LogP) is 2.72. The van der Waals surface area contributed by atoms with Crippen molar-refractivity contribution in [1.82, 2.24) is 20.1 Å². The Hall–Kier alpha value is -3.42. The summed E-state index contributed by atoms with van der Waals surface area (Å²) in [6.45, 7) is 3.14. The van der Waals surface area contributed by atoms with Crippen molar-refractivity contribution in [1.29, 1.82) is 0 Å². The molecule has 0 fully saturated rings. The van der Waals surface area contributed by atoms with Gasteiger partial charge in [-0.2, -0.15) is 5.10 Å². The number of nitrogens with one attached hydrogen (secondary N) is 2. The number of ether oxygens (including phenoxy) is 1. The number of nitrogens with zero attached hydrogens (tertiary/aromatic N) is 3. The second-order valence-electron chi connectivity index (χ2n) is 6.30. The number of anilines is 1. The molecule has 0 saturated carbocycles. The molecule has 27 heavy (non-hydrogen) atoms. The summed E-state index contributed by atoms with van der Waals surface area (Å²) >= 11 is 0. The number of aromatic nitrogens is 3. The molecular weight excluding hydrogens is 346 g/mol. The van der Waals surface area contributed by atoms with Gasteiger partial charge in [-0.3, -0.25) is 5.10 Å². The number of urea groups is 1. The second kappa shape index (κ2) is 7.06. The Balaban J connectivity index is 1.48. The zero-order valence-corrected chi connectivity index (χ0v) is 14.9. The number of rotatable bonds is 3. The Morgan fingerprint density at radius 1 is 1.33 bits per heavy atom. The van der Waals surface area contributed by atoms with Crippen molar-refractivity contribution in [3.8, 4) is 0 Å². The van der Waals surface area contributed by atoms with Gasteiger partial charge in [-0.1, -0.05) is 6.07 Å². The highest BCUT2D eigenvalue weighted by Gasteiger charge is 2.23. The maximum absolute atomic E-state index is 12.7. The first-order valence-corrected chi connectivity index (χ1v) is 8.78. The molecule has 0 spiro atoms. The largest absolute Gasteiger partial charge is 0.462 e. The second-order valence-corrected chi connectivity index (χ2v) is 6.30. The van der Waals surface area contributed by atoms with E-state index in [1.54, 1.807) is 48.5 Å². The lowest BCUT2D eigenvalue weighted by Crippen LogP contribution is -2.39. The summed E-state index contributed by atoms with van der Waals surface area (Å²) in [5.41, 5.74) is 3.93. The molecule has 2 aromatic heterocycles. The third-order valence-corrected chi connectivity index (χ3v) is 4.59. The van der Waals surface area contributed by atoms with Crippen LogP contribution in [0.15, 0.2) is 36.7 Å². The Morgan fingerprint density at radius 2 is 2.22 bits per heavy atom. The van der Waals surface area contributed by atoms with Crippen LogP contribution in [-0.4, -0.2) is 45.2 Å². The molecule has 0 saturated heterocycles. The number of fused-ring (bicyclic) bond motifs is 3. The van der Waals surface area contributed by atoms with Crippen molar-refractivity contribution in [3.05, 3.63) is 53.3 Å². The van der Waals surface area contributed by atoms with E-state index in [-0.39, 0.29) is 6.03 Å². The van der Waals surface area contributed by atoms with Crippen LogP contribution in [0.25, 0.3) is 11.0 Å². The van der Waals surface area contributed by atoms with Crippen LogP contribution < -0.4 is 5.32 Å². The molecule has 2 amide bonds. The molecule has 4 rings (SSSR count). The van der Waals surface area contributed by atoms with Gasteiger partial charge < -0.3 is 15.0 Å². The predicted molar refractivity (Wildman–Crippen MR) is 99.4 cm³/mol. The quantitative estimate of drug-likeness (QED) is 0.695. The van der Waals surface area contributed by atoms with Crippen molar-refractivity contribution in [3.63, 3.8) is 0 Å². The monoisotopic (exact) mass is 365 g/mol. The molecule has 1 aromatic carbocycles. The van der Waals surface area contributed by atoms with Crippen molar-refractivity contribution in [2.45, 2.75) is 19.9 Å². The first-order valence-electron chi connectivity index (χ1n) is 8.78. The molecule has 3 heterocycles. The van der Waals surface area contributed by atoms with Gasteiger partial charge in [-0.05, 0) is 42.7 Å². The first kappa shape index (κ1) is 17.0. The summed E-state index contributed by atoms with van der Waals surface area (Å²) in [4.78, 5) is 30.6. The number of esters is 1. The third kappa shape index (κ3) is 3.33. The maximum atomic E-state index is 12.7. The van der Waals surface area contributed by atoms with Gasteiger partial charge in [0.2, 0.25) is 0 Å². The molecule has 138 valence electrons. The molecule has 0 radical (unpaired) electrons. The van der Waals surface area contributed by atoms with Crippen LogP contribution in [0.1, 0.15) is 28.4 Å². The van der Waals surface area contributed by atoms with E-state index < -0.39 is 5.97 Å². The average Bonchev–Trinajstić information content (AvgIpc) is 3.17. The van der Waals surface area contributed by atoms with E-state index in [9.17, 15) is 9.59 Å². The molecule has 1 aliphatic rings. The number of carbonyl (C=O) groups is 2. The fourth-order valence-corrected chi connectivity index (χ4v) is 3.27. The number of hydrogen-bond acceptors (Lipinski definition) is 5. The molecule has 1 aliphatic heterocycles. The first-order chi connectivity index (χ1) is 13.2. The maximum Gasteiger partial charge on any atom is 0.338 e. The zero-order chi connectivity index (χ0) is 18.8. The fourth-order valence-electron chi connectivity index (χ4n) is 3.27. The molecule has 8 heteroatoms. The Morgan fingerprint density at radius 3 is 3.07 bits per heavy atom. The van der Waals surface area contributed by atoms with Gasteiger partial charge in [-0.25, -0.2) is 14.6 Å². The van der Waals surface area contributed by atoms with Crippen LogP contribution in [0.3, 0.4) is 0 Å². The standard InChI is InChI=1S/C19H19N5O3/c1-2-27-18(25)12-4-3-5-14(8-12)22-19(26)24-7-6-15-13(11-24)9-20-17-16(15)10-21-23-17/h3-5,8-10H,2,6-7,11H2,1H3,(H,22,26)(H,20,21,23). The summed E-state index contributed by atoms with van der Waals surface area (Å²) in [5.74, 6) is -0.407. The highest BCUT2D eigenvalue weighted by Crippen LogP contribution is 2.25. The number of pyridine rings is 1. The summed E-state index contributed by atoms with van der Waals surface area (Å²) in [6.07, 6.45) is 4.30. The molecule has 0 atom stereocenters. The highest BCUT2D eigenvalue weighted by molar-refractivity contribution is 5.94. The lowest BCUT2D eigenvalue weighted by atomic mass is 9.99. The lowest BCUT2D eigenvalue weighted by molar-refractivity contribution is 0.0526. The van der Waals surface area contributed by atoms with Gasteiger partial charge in [0.15, 0.2) is 5.65 Å². The van der Waals surface area contributed by atoms with E-state index in [0.29, 0.717) is 30.9 Å². The van der Waals surface area contributed by atoms with E-state index in [0.717, 1.165) is 23.0 Å². The van der Waals surface area contributed by atoms with Crippen molar-refractivity contribution < 1.29 is 14.3 Å². The number of H-pyrrole nitrogens is 1. The summed E-state index contributed by atoms with van der Waals surface area (Å²) in [6, 6.07) is 6.52. The van der Waals surface area contributed by atoms with E-state index in [2.05, 4.69) is 20.5 Å². The van der Waals surface area contributed by atoms with E-state index in [1.807, 2.05) is 0 Å². The van der Waals surface area contributed by atoms with Gasteiger partial charge >= 0.3 is 12.0 Å². The minimum atomic E-state index is -0.407. The minimum Gasteiger partial charge on any atom is -0.462 e. The normalized spacial score (nSPS) is 13.3. The fraction of sp³-hybridized carbons (Fsp3) is 0.263. The van der Waals surface area contributed by atoms with E-state index in [1.165, 1.54) is 5.56 Å². The van der Waals surface area contributed by atoms with Crippen LogP contribution in [0.5, 0.6) is 0 Å². The van der Waals surface area contributed by atoms with Crippen LogP contribution in [0.2, 0.25) is 0 Å². The zero-order valence-electron chi connectivity index (χ0n) is 14.9. The van der Waals surface area contributed by atoms with Gasteiger partial charge in [0, 0.05) is 30.4 Å². The van der Waals surface area contributed by atoms with Crippen LogP contribution >= 0.6 is 0 Å². The van der Waals surface area contributed by atoms with Crippen LogP contribution in [-0.2, 0) is 17.7 Å². The summed E-state index contributed by atoms with van der Waals surface area (Å²) < 4.78 is 5.00. The van der Waals surface area contributed by atoms with Gasteiger partial charge in [0.25, 0.3) is 0 Å². The molecule has 2 N–H and O–H groups in total. The number of benzene rings is 1. The van der Waals surface area contributed by atoms with Gasteiger partial charge in [-0.15, -0.1) is 0 Å². The Bertz CT molecular complexity index is 1010. The van der Waals surface area contributed by atoms with Crippen LogP contribution in [0.4, 0.5) is 10.5 Å².